The second kappa shape index (κ2) is 61.9. The maximum atomic E-state index is 11.4. The van der Waals surface area contributed by atoms with Crippen LogP contribution in [0.5, 0.6) is 5.75 Å². The van der Waals surface area contributed by atoms with Gasteiger partial charge >= 0.3 is 30.5 Å². The first kappa shape index (κ1) is 109. The quantitative estimate of drug-likeness (QED) is 0.0135. The molecule has 0 aliphatic carbocycles. The third kappa shape index (κ3) is 54.1. The highest BCUT2D eigenvalue weighted by Crippen LogP contribution is 2.20. The second-order valence-corrected chi connectivity index (χ2v) is 31.8. The number of terminal acetylenes is 2. The Morgan fingerprint density at radius 2 is 0.953 bits per heavy atom. The summed E-state index contributed by atoms with van der Waals surface area (Å²) >= 11 is 0. The Bertz CT molecular complexity index is 5350. The number of aromatic nitrogens is 4. The predicted octanol–water partition coefficient (Wildman–Crippen LogP) is 21.6. The molecule has 2 unspecified atom stereocenters. The third-order valence-corrected chi connectivity index (χ3v) is 18.4. The minimum absolute atomic E-state index is 0.0162. The summed E-state index contributed by atoms with van der Waals surface area (Å²) in [6.45, 7) is 32.7. The molecule has 11 rings (SSSR count). The molecule has 8 N–H and O–H groups in total. The minimum atomic E-state index is -3.14. The fourth-order valence-corrected chi connectivity index (χ4v) is 10.8. The highest BCUT2D eigenvalue weighted by molar-refractivity contribution is 7.92. The number of hydrogen-bond donors (Lipinski definition) is 8. The number of anilines is 8. The van der Waals surface area contributed by atoms with Crippen molar-refractivity contribution >= 4 is 96.0 Å². The van der Waals surface area contributed by atoms with Gasteiger partial charge in [-0.05, 0) is 245 Å². The number of methoxy groups -OCH3 is 2. The average Bonchev–Trinajstić information content (AvgIpc) is 1.63. The summed E-state index contributed by atoms with van der Waals surface area (Å²) in [5.41, 5.74) is 17.3. The van der Waals surface area contributed by atoms with Gasteiger partial charge in [0.2, 0.25) is 20.0 Å². The highest BCUT2D eigenvalue weighted by Gasteiger charge is 2.11. The zero-order chi connectivity index (χ0) is 94.5. The van der Waals surface area contributed by atoms with Crippen LogP contribution in [0.3, 0.4) is 0 Å². The van der Waals surface area contributed by atoms with Gasteiger partial charge in [0.1, 0.15) is 24.6 Å². The molecule has 678 valence electrons. The van der Waals surface area contributed by atoms with Crippen LogP contribution in [0.2, 0.25) is 0 Å². The lowest BCUT2D eigenvalue weighted by atomic mass is 10.2. The zero-order valence-electron chi connectivity index (χ0n) is 75.9. The molecule has 0 fully saturated rings. The van der Waals surface area contributed by atoms with E-state index in [0.717, 1.165) is 105 Å². The van der Waals surface area contributed by atoms with Gasteiger partial charge in [-0.2, -0.15) is 5.10 Å². The number of sulfonamides is 2. The molecule has 0 radical (unpaired) electrons. The molecule has 2 aromatic heterocycles. The molecule has 27 nitrogen and oxygen atoms in total. The number of amides is 5. The average molecular weight is 1770 g/mol. The summed E-state index contributed by atoms with van der Waals surface area (Å²) in [4.78, 5) is 62.0. The van der Waals surface area contributed by atoms with E-state index in [-0.39, 0.29) is 31.2 Å². The molecule has 0 saturated carbocycles. The molecular formula is C98H124N12O15S2. The molecule has 29 heteroatoms. The van der Waals surface area contributed by atoms with E-state index in [0.29, 0.717) is 23.5 Å². The summed E-state index contributed by atoms with van der Waals surface area (Å²) < 4.78 is 79.8. The van der Waals surface area contributed by atoms with Gasteiger partial charge in [0.25, 0.3) is 0 Å². The third-order valence-electron chi connectivity index (χ3n) is 16.4. The maximum Gasteiger partial charge on any atom is 0.412 e. The fraction of sp³-hybridized carbons (Fsp3) is 0.276. The van der Waals surface area contributed by atoms with Crippen LogP contribution in [0.15, 0.2) is 262 Å². The van der Waals surface area contributed by atoms with Gasteiger partial charge in [-0.25, -0.2) is 45.8 Å². The predicted molar refractivity (Wildman–Crippen MR) is 515 cm³/mol. The van der Waals surface area contributed by atoms with Crippen LogP contribution in [0, 0.1) is 87.0 Å². The molecule has 0 aliphatic heterocycles. The number of H-pyrrole nitrogens is 1. The summed E-state index contributed by atoms with van der Waals surface area (Å²) in [7, 11) is -1.19. The summed E-state index contributed by atoms with van der Waals surface area (Å²) in [5.74, 6) is 5.61. The first-order valence-corrected chi connectivity index (χ1v) is 43.9. The van der Waals surface area contributed by atoms with Crippen molar-refractivity contribution in [2.24, 2.45) is 0 Å². The maximum absolute atomic E-state index is 11.4. The van der Waals surface area contributed by atoms with Gasteiger partial charge in [-0.1, -0.05) is 152 Å². The van der Waals surface area contributed by atoms with Crippen LogP contribution in [0.1, 0.15) is 103 Å². The number of hydrogen-bond acceptors (Lipinski definition) is 18. The topological polar surface area (TPSA) is 343 Å². The van der Waals surface area contributed by atoms with Crippen molar-refractivity contribution in [3.63, 3.8) is 0 Å². The number of nitrogens with one attached hydrogen (secondary N) is 8. The van der Waals surface area contributed by atoms with Gasteiger partial charge in [0.05, 0.1) is 38.2 Å². The molecule has 2 heterocycles. The molecule has 2 atom stereocenters. The highest BCUT2D eigenvalue weighted by atomic mass is 32.2. The smallest absolute Gasteiger partial charge is 0.412 e. The van der Waals surface area contributed by atoms with Crippen molar-refractivity contribution in [1.82, 2.24) is 19.7 Å². The number of benzene rings is 9. The number of aryl methyl sites for hydroxylation is 9. The molecule has 0 bridgehead atoms. The molecular weight excluding hydrogens is 1650 g/mol. The number of aromatic amines is 1. The van der Waals surface area contributed by atoms with E-state index in [9.17, 15) is 40.8 Å². The number of ether oxygens (including phenoxy) is 6. The zero-order valence-corrected chi connectivity index (χ0v) is 77.6. The molecule has 11 aromatic rings. The van der Waals surface area contributed by atoms with Crippen molar-refractivity contribution < 1.29 is 69.2 Å². The van der Waals surface area contributed by atoms with Crippen LogP contribution in [0.25, 0.3) is 0 Å². The van der Waals surface area contributed by atoms with E-state index in [2.05, 4.69) is 139 Å². The monoisotopic (exact) mass is 1770 g/mol. The summed E-state index contributed by atoms with van der Waals surface area (Å²) in [6.07, 6.45) is 16.9. The van der Waals surface area contributed by atoms with E-state index >= 15 is 0 Å². The molecule has 127 heavy (non-hydrogen) atoms. The number of imidazole rings is 1. The fourth-order valence-electron chi connectivity index (χ4n) is 9.58. The number of rotatable bonds is 22. The minimum Gasteiger partial charge on any atom is -0.497 e. The van der Waals surface area contributed by atoms with Crippen LogP contribution >= 0.6 is 0 Å². The summed E-state index contributed by atoms with van der Waals surface area (Å²) in [6, 6.07) is 72.3. The van der Waals surface area contributed by atoms with Gasteiger partial charge < -0.3 is 37.9 Å². The Hall–Kier alpha value is -14.3. The lowest BCUT2D eigenvalue weighted by molar-refractivity contribution is 0.118. The van der Waals surface area contributed by atoms with Crippen molar-refractivity contribution in [3.05, 3.63) is 318 Å². The normalized spacial score (nSPS) is 10.3. The van der Waals surface area contributed by atoms with Crippen LogP contribution in [-0.2, 0) is 50.3 Å². The number of carbonyl (C=O) groups excluding carboxylic acids is 5. The Morgan fingerprint density at radius 1 is 0.520 bits per heavy atom. The first-order chi connectivity index (χ1) is 60.4. The molecule has 9 aromatic carbocycles. The van der Waals surface area contributed by atoms with Crippen LogP contribution < -0.4 is 45.7 Å². The largest absolute Gasteiger partial charge is 0.497 e. The number of carbonyl (C=O) groups is 5. The Labute approximate surface area is 751 Å². The molecule has 0 aliphatic rings. The van der Waals surface area contributed by atoms with Gasteiger partial charge in [-0.3, -0.25) is 41.1 Å². The van der Waals surface area contributed by atoms with E-state index in [1.807, 2.05) is 246 Å². The van der Waals surface area contributed by atoms with Crippen molar-refractivity contribution in [1.29, 1.82) is 0 Å². The molecule has 0 spiro atoms. The molecule has 5 amide bonds. The SMILES string of the molecule is C#CCCOC(=O)Nc1cccc(C)c1.C#CCOC(=O)Nc1cccc(C)c1.C=CC(C)OC(=O)Nc1cccc(C)c1.CCC(C)OC(=O)Nc1cccc(C)c1.CCN(C)c1ccc(OC)cc1.CCS(=O)(=O)Nc1ccc(C)cc1.COC(=O)Nc1cccc(C)c1.Cc1ccc(NS(C)(=O)=O)cc1.Cc1ccn[nH]1.Cc1cn(Cc2ccccc2)cn1. The lowest BCUT2D eigenvalue weighted by Crippen LogP contribution is -2.19. The van der Waals surface area contributed by atoms with E-state index < -0.39 is 50.5 Å². The molecule has 0 saturated heterocycles. The Balaban J connectivity index is 0.000000480. The van der Waals surface area contributed by atoms with Crippen molar-refractivity contribution in [2.45, 2.75) is 129 Å². The Kier molecular flexibility index (Phi) is 53.0. The summed E-state index contributed by atoms with van der Waals surface area (Å²) in [5, 5.41) is 19.5. The van der Waals surface area contributed by atoms with Crippen molar-refractivity contribution in [3.8, 4) is 30.4 Å². The van der Waals surface area contributed by atoms with E-state index in [4.69, 9.17) is 31.8 Å². The standard InChI is InChI=1S/C12H17NO2.C12H15NO2.C12H13NO2.C11H12N2.C11H11NO2.C10H15NO.C9H13NO2S.C9H11NO2.C8H11NO2S.C4H6N2/c2*1-4-10(3)15-12(14)13-11-7-5-6-9(2)8-11;1-3-4-8-15-12(14)13-11-7-5-6-10(2)9-11;1-10-7-13(9-12-10)8-11-5-3-2-4-6-11;1-3-7-14-11(13)12-10-6-4-5-9(2)8-10;1-4-11(2)9-5-7-10(12-3)8-6-9;1-3-13(11,12)10-9-6-4-8(2)5-7-9;1-7-4-3-5-8(6-7)10-9(11)12-2;1-7-3-5-8(6-4-7)9-12(2,10)11;1-4-2-3-5-6-4/h5-8,10H,4H2,1-3H3,(H,13,14);4-8,10H,1H2,2-3H3,(H,13,14);1,5-7,9H,4,8H2,2H3,(H,13,14);2-7,9H,8H2,1H3;1,4-6,8H,7H2,2H3,(H,12,13);5-8H,4H2,1-3H3;4-7,10H,3H2,1-2H3;3-6H,1-2H3,(H,10,11);3-6,9H,1-2H3;2-3H,1H3,(H,5,6). The van der Waals surface area contributed by atoms with Gasteiger partial charge in [-0.15, -0.1) is 18.8 Å². The van der Waals surface area contributed by atoms with Crippen molar-refractivity contribution in [2.75, 3.05) is 94.0 Å². The lowest BCUT2D eigenvalue weighted by Gasteiger charge is -2.16. The van der Waals surface area contributed by atoms with E-state index in [1.54, 1.807) is 69.6 Å². The Morgan fingerprint density at radius 3 is 1.30 bits per heavy atom. The van der Waals surface area contributed by atoms with E-state index in [1.165, 1.54) is 18.4 Å². The second-order valence-electron chi connectivity index (χ2n) is 28.0. The van der Waals surface area contributed by atoms with Gasteiger partial charge in [0.15, 0.2) is 6.61 Å². The number of nitrogens with zero attached hydrogens (tertiary/aromatic N) is 4. The van der Waals surface area contributed by atoms with Crippen LogP contribution in [0.4, 0.5) is 69.5 Å². The van der Waals surface area contributed by atoms with Crippen LogP contribution in [-0.4, -0.2) is 132 Å². The van der Waals surface area contributed by atoms with Gasteiger partial charge in [0, 0.05) is 90.1 Å². The first-order valence-electron chi connectivity index (χ1n) is 40.4.